The first kappa shape index (κ1) is 15.0. The van der Waals surface area contributed by atoms with E-state index in [4.69, 9.17) is 4.52 Å². The molecule has 0 saturated carbocycles. The van der Waals surface area contributed by atoms with E-state index in [2.05, 4.69) is 15.5 Å². The van der Waals surface area contributed by atoms with Gasteiger partial charge in [-0.1, -0.05) is 53.7 Å². The van der Waals surface area contributed by atoms with Gasteiger partial charge in [0.05, 0.1) is 0 Å². The zero-order valence-electron chi connectivity index (χ0n) is 13.0. The highest BCUT2D eigenvalue weighted by Gasteiger charge is 2.18. The van der Waals surface area contributed by atoms with Crippen LogP contribution in [0.15, 0.2) is 59.1 Å². The Bertz CT molecular complexity index is 812. The van der Waals surface area contributed by atoms with Gasteiger partial charge in [0.15, 0.2) is 0 Å². The maximum Gasteiger partial charge on any atom is 0.252 e. The zero-order valence-corrected chi connectivity index (χ0v) is 13.0. The summed E-state index contributed by atoms with van der Waals surface area (Å²) in [5.74, 6) is 0.735. The first-order chi connectivity index (χ1) is 11.1. The summed E-state index contributed by atoms with van der Waals surface area (Å²) >= 11 is 0. The van der Waals surface area contributed by atoms with Crippen LogP contribution in [0.2, 0.25) is 0 Å². The Kier molecular flexibility index (Phi) is 4.19. The minimum Gasteiger partial charge on any atom is -0.341 e. The molecule has 3 rings (SSSR count). The van der Waals surface area contributed by atoms with Crippen LogP contribution in [-0.4, -0.2) is 16.0 Å². The van der Waals surface area contributed by atoms with Gasteiger partial charge in [-0.15, -0.1) is 0 Å². The quantitative estimate of drug-likeness (QED) is 0.800. The van der Waals surface area contributed by atoms with E-state index in [1.165, 1.54) is 0 Å². The molecular formula is C18H17N3O2. The summed E-state index contributed by atoms with van der Waals surface area (Å²) in [6.07, 6.45) is 0. The third-order valence-electron chi connectivity index (χ3n) is 3.58. The van der Waals surface area contributed by atoms with Crippen molar-refractivity contribution >= 4 is 5.91 Å². The van der Waals surface area contributed by atoms with Crippen LogP contribution in [-0.2, 0) is 0 Å². The molecular weight excluding hydrogens is 290 g/mol. The zero-order chi connectivity index (χ0) is 16.2. The van der Waals surface area contributed by atoms with Crippen LogP contribution in [0.25, 0.3) is 11.4 Å². The van der Waals surface area contributed by atoms with Crippen LogP contribution in [0.5, 0.6) is 0 Å². The monoisotopic (exact) mass is 307 g/mol. The molecule has 0 fully saturated rings. The summed E-state index contributed by atoms with van der Waals surface area (Å²) in [4.78, 5) is 16.7. The molecule has 5 nitrogen and oxygen atoms in total. The normalized spacial score (nSPS) is 11.9. The van der Waals surface area contributed by atoms with E-state index in [0.717, 1.165) is 11.1 Å². The molecule has 0 saturated heterocycles. The number of aromatic nitrogens is 2. The molecule has 1 heterocycles. The Labute approximate surface area is 134 Å². The highest BCUT2D eigenvalue weighted by molar-refractivity contribution is 5.95. The first-order valence-electron chi connectivity index (χ1n) is 7.40. The van der Waals surface area contributed by atoms with E-state index in [1.54, 1.807) is 6.07 Å². The summed E-state index contributed by atoms with van der Waals surface area (Å²) in [5.41, 5.74) is 2.44. The Morgan fingerprint density at radius 1 is 1.09 bits per heavy atom. The summed E-state index contributed by atoms with van der Waals surface area (Å²) in [5, 5.41) is 6.85. The fraction of sp³-hybridized carbons (Fsp3) is 0.167. The number of hydrogen-bond donors (Lipinski definition) is 1. The van der Waals surface area contributed by atoms with Gasteiger partial charge in [-0.25, -0.2) is 0 Å². The van der Waals surface area contributed by atoms with E-state index < -0.39 is 0 Å². The number of aryl methyl sites for hydroxylation is 1. The van der Waals surface area contributed by atoms with Crippen molar-refractivity contribution in [2.45, 2.75) is 19.9 Å². The smallest absolute Gasteiger partial charge is 0.252 e. The molecule has 23 heavy (non-hydrogen) atoms. The van der Waals surface area contributed by atoms with Gasteiger partial charge in [-0.3, -0.25) is 4.79 Å². The maximum absolute atomic E-state index is 12.3. The number of carbonyl (C=O) groups is 1. The van der Waals surface area contributed by atoms with Crippen molar-refractivity contribution in [3.8, 4) is 11.4 Å². The summed E-state index contributed by atoms with van der Waals surface area (Å²) in [6, 6.07) is 16.6. The van der Waals surface area contributed by atoms with Gasteiger partial charge < -0.3 is 9.84 Å². The van der Waals surface area contributed by atoms with Gasteiger partial charge in [0.2, 0.25) is 11.7 Å². The molecule has 3 aromatic rings. The Balaban J connectivity index is 1.74. The Morgan fingerprint density at radius 2 is 1.78 bits per heavy atom. The van der Waals surface area contributed by atoms with E-state index in [9.17, 15) is 4.79 Å². The minimum atomic E-state index is -0.368. The van der Waals surface area contributed by atoms with Crippen LogP contribution in [0.4, 0.5) is 0 Å². The van der Waals surface area contributed by atoms with Crippen molar-refractivity contribution in [3.63, 3.8) is 0 Å². The van der Waals surface area contributed by atoms with Gasteiger partial charge in [-0.05, 0) is 25.5 Å². The lowest BCUT2D eigenvalue weighted by molar-refractivity contribution is 0.0932. The van der Waals surface area contributed by atoms with Crippen molar-refractivity contribution in [1.29, 1.82) is 0 Å². The molecule has 0 aliphatic carbocycles. The van der Waals surface area contributed by atoms with Gasteiger partial charge >= 0.3 is 0 Å². The van der Waals surface area contributed by atoms with Crippen molar-refractivity contribution < 1.29 is 9.32 Å². The van der Waals surface area contributed by atoms with Gasteiger partial charge in [-0.2, -0.15) is 4.98 Å². The van der Waals surface area contributed by atoms with E-state index in [0.29, 0.717) is 17.3 Å². The molecule has 1 aromatic heterocycles. The van der Waals surface area contributed by atoms with Crippen LogP contribution in [0.3, 0.4) is 0 Å². The number of carbonyl (C=O) groups excluding carboxylic acids is 1. The molecule has 1 N–H and O–H groups in total. The van der Waals surface area contributed by atoms with E-state index >= 15 is 0 Å². The third-order valence-corrected chi connectivity index (χ3v) is 3.58. The highest BCUT2D eigenvalue weighted by atomic mass is 16.5. The molecule has 116 valence electrons. The molecule has 0 bridgehead atoms. The average Bonchev–Trinajstić information content (AvgIpc) is 3.06. The van der Waals surface area contributed by atoms with Crippen LogP contribution in [0, 0.1) is 6.92 Å². The standard InChI is InChI=1S/C18H17N3O2/c1-12-8-6-7-11-15(12)17(22)19-13(2)18-20-16(21-23-18)14-9-4-3-5-10-14/h3-11,13H,1-2H3,(H,19,22). The number of nitrogens with zero attached hydrogens (tertiary/aromatic N) is 2. The molecule has 1 amide bonds. The molecule has 5 heteroatoms. The van der Waals surface area contributed by atoms with Crippen LogP contribution >= 0.6 is 0 Å². The highest BCUT2D eigenvalue weighted by Crippen LogP contribution is 2.18. The number of hydrogen-bond acceptors (Lipinski definition) is 4. The molecule has 2 aromatic carbocycles. The number of amides is 1. The molecule has 0 aliphatic rings. The molecule has 0 aliphatic heterocycles. The molecule has 1 atom stereocenters. The second-order valence-corrected chi connectivity index (χ2v) is 5.33. The van der Waals surface area contributed by atoms with Crippen LogP contribution in [0.1, 0.15) is 34.8 Å². The van der Waals surface area contributed by atoms with Crippen molar-refractivity contribution in [3.05, 3.63) is 71.6 Å². The number of nitrogens with one attached hydrogen (secondary N) is 1. The summed E-state index contributed by atoms with van der Waals surface area (Å²) in [6.45, 7) is 3.72. The SMILES string of the molecule is Cc1ccccc1C(=O)NC(C)c1nc(-c2ccccc2)no1. The third kappa shape index (κ3) is 3.29. The molecule has 0 spiro atoms. The van der Waals surface area contributed by atoms with Crippen molar-refractivity contribution in [1.82, 2.24) is 15.5 Å². The molecule has 0 radical (unpaired) electrons. The fourth-order valence-electron chi connectivity index (χ4n) is 2.28. The number of rotatable bonds is 4. The second kappa shape index (κ2) is 6.44. The first-order valence-corrected chi connectivity index (χ1v) is 7.40. The molecule has 1 unspecified atom stereocenters. The summed E-state index contributed by atoms with van der Waals surface area (Å²) < 4.78 is 5.27. The lowest BCUT2D eigenvalue weighted by atomic mass is 10.1. The minimum absolute atomic E-state index is 0.157. The average molecular weight is 307 g/mol. The van der Waals surface area contributed by atoms with Crippen molar-refractivity contribution in [2.75, 3.05) is 0 Å². The Hall–Kier alpha value is -2.95. The van der Waals surface area contributed by atoms with E-state index in [1.807, 2.05) is 62.4 Å². The fourth-order valence-corrected chi connectivity index (χ4v) is 2.28. The second-order valence-electron chi connectivity index (χ2n) is 5.33. The maximum atomic E-state index is 12.3. The van der Waals surface area contributed by atoms with Gasteiger partial charge in [0.25, 0.3) is 5.91 Å². The largest absolute Gasteiger partial charge is 0.341 e. The topological polar surface area (TPSA) is 68.0 Å². The predicted octanol–water partition coefficient (Wildman–Crippen LogP) is 3.54. The predicted molar refractivity (Wildman–Crippen MR) is 86.8 cm³/mol. The number of benzene rings is 2. The Morgan fingerprint density at radius 3 is 2.52 bits per heavy atom. The van der Waals surface area contributed by atoms with Crippen molar-refractivity contribution in [2.24, 2.45) is 0 Å². The van der Waals surface area contributed by atoms with Gasteiger partial charge in [0.1, 0.15) is 6.04 Å². The lowest BCUT2D eigenvalue weighted by Gasteiger charge is -2.11. The lowest BCUT2D eigenvalue weighted by Crippen LogP contribution is -2.27. The van der Waals surface area contributed by atoms with E-state index in [-0.39, 0.29) is 11.9 Å². The summed E-state index contributed by atoms with van der Waals surface area (Å²) in [7, 11) is 0. The van der Waals surface area contributed by atoms with Crippen LogP contribution < -0.4 is 5.32 Å². The van der Waals surface area contributed by atoms with Gasteiger partial charge in [0, 0.05) is 11.1 Å².